The highest BCUT2D eigenvalue weighted by molar-refractivity contribution is 6.46. The number of aliphatic hydroxyl groups excluding tert-OH is 1. The van der Waals surface area contributed by atoms with E-state index in [0.717, 1.165) is 5.56 Å². The molecule has 1 aromatic heterocycles. The Morgan fingerprint density at radius 3 is 2.39 bits per heavy atom. The molecule has 7 heteroatoms. The van der Waals surface area contributed by atoms with E-state index in [1.807, 2.05) is 6.07 Å². The molecule has 1 unspecified atom stereocenters. The van der Waals surface area contributed by atoms with Crippen molar-refractivity contribution in [2.75, 3.05) is 27.4 Å². The summed E-state index contributed by atoms with van der Waals surface area (Å²) < 4.78 is 10.6. The summed E-state index contributed by atoms with van der Waals surface area (Å²) >= 11 is 0. The summed E-state index contributed by atoms with van der Waals surface area (Å²) in [6.07, 6.45) is 3.18. The van der Waals surface area contributed by atoms with Gasteiger partial charge in [-0.25, -0.2) is 0 Å². The van der Waals surface area contributed by atoms with Crippen LogP contribution in [0.2, 0.25) is 0 Å². The molecule has 1 aliphatic rings. The van der Waals surface area contributed by atoms with Gasteiger partial charge in [-0.3, -0.25) is 14.6 Å². The van der Waals surface area contributed by atoms with Gasteiger partial charge in [-0.15, -0.1) is 0 Å². The molecule has 7 nitrogen and oxygen atoms in total. The molecule has 164 valence electrons. The summed E-state index contributed by atoms with van der Waals surface area (Å²) in [6.45, 7) is 6.64. The number of carbonyl (C=O) groups is 2. The molecule has 1 aromatic carbocycles. The van der Waals surface area contributed by atoms with Gasteiger partial charge in [0, 0.05) is 26.0 Å². The van der Waals surface area contributed by atoms with Crippen molar-refractivity contribution in [2.45, 2.75) is 32.2 Å². The van der Waals surface area contributed by atoms with Crippen LogP contribution in [0.3, 0.4) is 0 Å². The van der Waals surface area contributed by atoms with Crippen molar-refractivity contribution >= 4 is 17.4 Å². The molecule has 1 fully saturated rings. The Balaban J connectivity index is 2.24. The lowest BCUT2D eigenvalue weighted by Crippen LogP contribution is -2.32. The van der Waals surface area contributed by atoms with Crippen molar-refractivity contribution < 1.29 is 24.2 Å². The molecule has 0 bridgehead atoms. The van der Waals surface area contributed by atoms with Crippen LogP contribution < -0.4 is 4.74 Å². The van der Waals surface area contributed by atoms with Gasteiger partial charge in [-0.05, 0) is 40.8 Å². The normalized spacial score (nSPS) is 18.5. The van der Waals surface area contributed by atoms with E-state index in [-0.39, 0.29) is 29.9 Å². The number of amides is 1. The van der Waals surface area contributed by atoms with Crippen LogP contribution in [0.25, 0.3) is 5.76 Å². The fourth-order valence-electron chi connectivity index (χ4n) is 3.70. The monoisotopic (exact) mass is 424 g/mol. The smallest absolute Gasteiger partial charge is 0.295 e. The maximum atomic E-state index is 13.1. The minimum Gasteiger partial charge on any atom is -0.507 e. The van der Waals surface area contributed by atoms with E-state index in [9.17, 15) is 14.7 Å². The maximum absolute atomic E-state index is 13.1. The summed E-state index contributed by atoms with van der Waals surface area (Å²) in [5.41, 5.74) is 1.85. The van der Waals surface area contributed by atoms with Crippen LogP contribution in [0.5, 0.6) is 5.75 Å². The lowest BCUT2D eigenvalue weighted by Gasteiger charge is -2.25. The molecule has 0 radical (unpaired) electrons. The number of pyridine rings is 1. The first kappa shape index (κ1) is 22.5. The van der Waals surface area contributed by atoms with Gasteiger partial charge in [0.2, 0.25) is 0 Å². The van der Waals surface area contributed by atoms with Gasteiger partial charge in [-0.1, -0.05) is 26.8 Å². The third-order valence-corrected chi connectivity index (χ3v) is 5.42. The second-order valence-corrected chi connectivity index (χ2v) is 8.43. The first-order chi connectivity index (χ1) is 14.7. The summed E-state index contributed by atoms with van der Waals surface area (Å²) in [5.74, 6) is -1.25. The Bertz CT molecular complexity index is 1010. The number of ketones is 1. The van der Waals surface area contributed by atoms with Crippen LogP contribution in [0.1, 0.15) is 43.5 Å². The molecule has 1 atom stereocenters. The van der Waals surface area contributed by atoms with Crippen LogP contribution >= 0.6 is 0 Å². The topological polar surface area (TPSA) is 89.0 Å². The molecule has 1 saturated heterocycles. The molecule has 1 amide bonds. The minimum absolute atomic E-state index is 0.0247. The lowest BCUT2D eigenvalue weighted by atomic mass is 9.85. The zero-order chi connectivity index (χ0) is 22.8. The number of nitrogens with zero attached hydrogens (tertiary/aromatic N) is 2. The number of hydrogen-bond donors (Lipinski definition) is 1. The van der Waals surface area contributed by atoms with Crippen LogP contribution in [0, 0.1) is 0 Å². The summed E-state index contributed by atoms with van der Waals surface area (Å²) in [6, 6.07) is 8.20. The standard InChI is InChI=1S/C24H28N2O5/c1-24(2,3)16-6-7-18(31-5)17(14-16)21(27)19-20(15-8-10-25-11-9-15)26(12-13-30-4)23(29)22(19)28/h6-11,14,20,27H,12-13H2,1-5H3/b21-19+. The SMILES string of the molecule is COCCN1C(=O)C(=O)/C(=C(/O)c2cc(C(C)(C)C)ccc2OC)C1c1ccncc1. The van der Waals surface area contributed by atoms with Crippen LogP contribution in [0.15, 0.2) is 48.3 Å². The van der Waals surface area contributed by atoms with Gasteiger partial charge in [0.15, 0.2) is 0 Å². The number of hydrogen-bond acceptors (Lipinski definition) is 6. The highest BCUT2D eigenvalue weighted by Gasteiger charge is 2.46. The highest BCUT2D eigenvalue weighted by Crippen LogP contribution is 2.41. The Hall–Kier alpha value is -3.19. The largest absolute Gasteiger partial charge is 0.507 e. The predicted molar refractivity (Wildman–Crippen MR) is 117 cm³/mol. The third-order valence-electron chi connectivity index (χ3n) is 5.42. The molecule has 2 aromatic rings. The molecule has 3 rings (SSSR count). The Morgan fingerprint density at radius 1 is 1.13 bits per heavy atom. The number of ether oxygens (including phenoxy) is 2. The van der Waals surface area contributed by atoms with Crippen molar-refractivity contribution in [2.24, 2.45) is 0 Å². The second kappa shape index (κ2) is 8.89. The molecule has 1 N–H and O–H groups in total. The van der Waals surface area contributed by atoms with E-state index < -0.39 is 17.7 Å². The van der Waals surface area contributed by atoms with Gasteiger partial charge in [-0.2, -0.15) is 0 Å². The quantitative estimate of drug-likeness (QED) is 0.434. The van der Waals surface area contributed by atoms with E-state index in [2.05, 4.69) is 25.8 Å². The van der Waals surface area contributed by atoms with Crippen LogP contribution in [0.4, 0.5) is 0 Å². The van der Waals surface area contributed by atoms with E-state index in [1.165, 1.54) is 19.1 Å². The number of methoxy groups -OCH3 is 2. The van der Waals surface area contributed by atoms with Crippen LogP contribution in [-0.4, -0.2) is 54.1 Å². The molecule has 31 heavy (non-hydrogen) atoms. The van der Waals surface area contributed by atoms with Crippen molar-refractivity contribution in [3.05, 3.63) is 65.0 Å². The molecule has 2 heterocycles. The first-order valence-electron chi connectivity index (χ1n) is 10.1. The average Bonchev–Trinajstić information content (AvgIpc) is 3.01. The van der Waals surface area contributed by atoms with Gasteiger partial charge in [0.25, 0.3) is 11.7 Å². The summed E-state index contributed by atoms with van der Waals surface area (Å²) in [4.78, 5) is 31.4. The van der Waals surface area contributed by atoms with Crippen molar-refractivity contribution in [3.8, 4) is 5.75 Å². The van der Waals surface area contributed by atoms with Crippen LogP contribution in [-0.2, 0) is 19.7 Å². The molecular formula is C24H28N2O5. The number of aliphatic hydroxyl groups is 1. The lowest BCUT2D eigenvalue weighted by molar-refractivity contribution is -0.140. The maximum Gasteiger partial charge on any atom is 0.295 e. The number of rotatable bonds is 6. The molecule has 0 saturated carbocycles. The van der Waals surface area contributed by atoms with Gasteiger partial charge in [0.1, 0.15) is 11.5 Å². The summed E-state index contributed by atoms with van der Waals surface area (Å²) in [5, 5.41) is 11.3. The molecule has 1 aliphatic heterocycles. The van der Waals surface area contributed by atoms with Crippen molar-refractivity contribution in [3.63, 3.8) is 0 Å². The van der Waals surface area contributed by atoms with E-state index in [0.29, 0.717) is 16.9 Å². The minimum atomic E-state index is -0.749. The van der Waals surface area contributed by atoms with E-state index in [4.69, 9.17) is 9.47 Å². The van der Waals surface area contributed by atoms with Gasteiger partial charge < -0.3 is 19.5 Å². The third kappa shape index (κ3) is 4.32. The Morgan fingerprint density at radius 2 is 1.81 bits per heavy atom. The summed E-state index contributed by atoms with van der Waals surface area (Å²) in [7, 11) is 3.03. The number of benzene rings is 1. The zero-order valence-corrected chi connectivity index (χ0v) is 18.5. The fourth-order valence-corrected chi connectivity index (χ4v) is 3.70. The Kier molecular flexibility index (Phi) is 6.45. The highest BCUT2D eigenvalue weighted by atomic mass is 16.5. The van der Waals surface area contributed by atoms with Crippen molar-refractivity contribution in [1.82, 2.24) is 9.88 Å². The number of likely N-dealkylation sites (tertiary alicyclic amines) is 1. The number of Topliss-reactive ketones (excluding diaryl/α,β-unsaturated/α-hetero) is 1. The Labute approximate surface area is 182 Å². The van der Waals surface area contributed by atoms with E-state index >= 15 is 0 Å². The number of carbonyl (C=O) groups excluding carboxylic acids is 2. The molecular weight excluding hydrogens is 396 g/mol. The first-order valence-corrected chi connectivity index (χ1v) is 10.1. The molecule has 0 spiro atoms. The number of aromatic nitrogens is 1. The molecule has 0 aliphatic carbocycles. The fraction of sp³-hybridized carbons (Fsp3) is 0.375. The zero-order valence-electron chi connectivity index (χ0n) is 18.5. The second-order valence-electron chi connectivity index (χ2n) is 8.43. The average molecular weight is 424 g/mol. The van der Waals surface area contributed by atoms with Gasteiger partial charge in [0.05, 0.1) is 30.9 Å². The predicted octanol–water partition coefficient (Wildman–Crippen LogP) is 3.46. The van der Waals surface area contributed by atoms with Crippen molar-refractivity contribution in [1.29, 1.82) is 0 Å². The van der Waals surface area contributed by atoms with E-state index in [1.54, 1.807) is 36.7 Å². The van der Waals surface area contributed by atoms with Gasteiger partial charge >= 0.3 is 0 Å².